The van der Waals surface area contributed by atoms with E-state index in [0.29, 0.717) is 28.0 Å². The van der Waals surface area contributed by atoms with Crippen LogP contribution in [0.15, 0.2) is 29.6 Å². The smallest absolute Gasteiger partial charge is 0.270 e. The first-order chi connectivity index (χ1) is 10.6. The number of aromatic nitrogens is 1. The Kier molecular flexibility index (Phi) is 5.91. The van der Waals surface area contributed by atoms with Crippen LogP contribution in [-0.2, 0) is 0 Å². The minimum atomic E-state index is -0.310. The summed E-state index contributed by atoms with van der Waals surface area (Å²) in [6.07, 6.45) is 1.94. The fourth-order valence-electron chi connectivity index (χ4n) is 1.70. The molecule has 0 aliphatic carbocycles. The van der Waals surface area contributed by atoms with Crippen molar-refractivity contribution in [1.82, 2.24) is 10.3 Å². The van der Waals surface area contributed by atoms with Crippen LogP contribution in [0.5, 0.6) is 0 Å². The molecule has 0 fully saturated rings. The van der Waals surface area contributed by atoms with Gasteiger partial charge in [0.25, 0.3) is 11.8 Å². The summed E-state index contributed by atoms with van der Waals surface area (Å²) in [7, 11) is 0. The van der Waals surface area contributed by atoms with E-state index in [0.717, 1.165) is 12.8 Å². The van der Waals surface area contributed by atoms with Crippen molar-refractivity contribution in [2.24, 2.45) is 0 Å². The third kappa shape index (κ3) is 4.54. The number of halogens is 1. The van der Waals surface area contributed by atoms with Gasteiger partial charge in [0.05, 0.1) is 0 Å². The predicted octanol–water partition coefficient (Wildman–Crippen LogP) is 3.58. The number of hydrogen-bond donors (Lipinski definition) is 2. The number of anilines is 1. The number of thiazole rings is 1. The molecule has 22 heavy (non-hydrogen) atoms. The summed E-state index contributed by atoms with van der Waals surface area (Å²) in [6, 6.07) is 6.63. The number of carbonyl (C=O) groups excluding carboxylic acids is 2. The minimum absolute atomic E-state index is 0.229. The Hall–Kier alpha value is -1.92. The van der Waals surface area contributed by atoms with Crippen LogP contribution in [0.4, 0.5) is 5.13 Å². The van der Waals surface area contributed by atoms with Crippen molar-refractivity contribution in [3.8, 4) is 0 Å². The molecule has 2 rings (SSSR count). The lowest BCUT2D eigenvalue weighted by Gasteiger charge is -2.02. The fraction of sp³-hybridized carbons (Fsp3) is 0.267. The molecule has 116 valence electrons. The van der Waals surface area contributed by atoms with Crippen molar-refractivity contribution in [1.29, 1.82) is 0 Å². The van der Waals surface area contributed by atoms with Gasteiger partial charge in [-0.15, -0.1) is 11.3 Å². The van der Waals surface area contributed by atoms with Gasteiger partial charge in [0, 0.05) is 22.5 Å². The van der Waals surface area contributed by atoms with Gasteiger partial charge in [0.1, 0.15) is 5.69 Å². The second kappa shape index (κ2) is 7.91. The van der Waals surface area contributed by atoms with E-state index in [1.807, 2.05) is 0 Å². The van der Waals surface area contributed by atoms with Crippen LogP contribution in [0.2, 0.25) is 5.02 Å². The summed E-state index contributed by atoms with van der Waals surface area (Å²) >= 11 is 7.06. The Bertz CT molecular complexity index is 672. The van der Waals surface area contributed by atoms with Crippen molar-refractivity contribution < 1.29 is 9.59 Å². The molecule has 2 amide bonds. The molecule has 0 atom stereocenters. The normalized spacial score (nSPS) is 10.3. The van der Waals surface area contributed by atoms with E-state index in [2.05, 4.69) is 22.5 Å². The highest BCUT2D eigenvalue weighted by atomic mass is 35.5. The number of rotatable bonds is 6. The molecule has 7 heteroatoms. The maximum absolute atomic E-state index is 12.1. The SMILES string of the molecule is CCCCNC(=O)c1csc(NC(=O)c2cccc(Cl)c2)n1. The van der Waals surface area contributed by atoms with Crippen molar-refractivity contribution in [2.75, 3.05) is 11.9 Å². The molecule has 2 aromatic rings. The largest absolute Gasteiger partial charge is 0.351 e. The van der Waals surface area contributed by atoms with Crippen LogP contribution in [0.25, 0.3) is 0 Å². The number of hydrogen-bond acceptors (Lipinski definition) is 4. The van der Waals surface area contributed by atoms with Gasteiger partial charge in [-0.25, -0.2) is 4.98 Å². The van der Waals surface area contributed by atoms with Gasteiger partial charge in [-0.3, -0.25) is 14.9 Å². The van der Waals surface area contributed by atoms with E-state index in [4.69, 9.17) is 11.6 Å². The van der Waals surface area contributed by atoms with E-state index in [-0.39, 0.29) is 11.8 Å². The quantitative estimate of drug-likeness (QED) is 0.791. The highest BCUT2D eigenvalue weighted by molar-refractivity contribution is 7.14. The maximum atomic E-state index is 12.1. The Morgan fingerprint density at radius 2 is 2.14 bits per heavy atom. The maximum Gasteiger partial charge on any atom is 0.270 e. The Morgan fingerprint density at radius 1 is 1.32 bits per heavy atom. The fourth-order valence-corrected chi connectivity index (χ4v) is 2.58. The molecule has 2 N–H and O–H groups in total. The third-order valence-corrected chi connectivity index (χ3v) is 3.85. The molecule has 0 aliphatic rings. The van der Waals surface area contributed by atoms with Crippen LogP contribution in [-0.4, -0.2) is 23.3 Å². The first-order valence-corrected chi connectivity index (χ1v) is 8.16. The first kappa shape index (κ1) is 16.5. The molecule has 0 radical (unpaired) electrons. The van der Waals surface area contributed by atoms with Crippen LogP contribution in [0, 0.1) is 0 Å². The molecule has 1 aromatic heterocycles. The molecular formula is C15H16ClN3O2S. The summed E-state index contributed by atoms with van der Waals surface area (Å²) < 4.78 is 0. The van der Waals surface area contributed by atoms with Crippen LogP contribution in [0.3, 0.4) is 0 Å². The second-order valence-corrected chi connectivity index (χ2v) is 5.91. The Morgan fingerprint density at radius 3 is 2.86 bits per heavy atom. The zero-order chi connectivity index (χ0) is 15.9. The number of unbranched alkanes of at least 4 members (excludes halogenated alkanes) is 1. The molecule has 0 unspecified atom stereocenters. The molecular weight excluding hydrogens is 322 g/mol. The lowest BCUT2D eigenvalue weighted by Crippen LogP contribution is -2.24. The Balaban J connectivity index is 1.97. The summed E-state index contributed by atoms with van der Waals surface area (Å²) in [6.45, 7) is 2.68. The van der Waals surface area contributed by atoms with E-state index in [9.17, 15) is 9.59 Å². The number of amides is 2. The summed E-state index contributed by atoms with van der Waals surface area (Å²) in [5.74, 6) is -0.539. The monoisotopic (exact) mass is 337 g/mol. The lowest BCUT2D eigenvalue weighted by atomic mass is 10.2. The molecule has 0 aliphatic heterocycles. The lowest BCUT2D eigenvalue weighted by molar-refractivity contribution is 0.0947. The summed E-state index contributed by atoms with van der Waals surface area (Å²) in [5.41, 5.74) is 0.749. The Labute approximate surface area is 137 Å². The molecule has 5 nitrogen and oxygen atoms in total. The van der Waals surface area contributed by atoms with E-state index >= 15 is 0 Å². The van der Waals surface area contributed by atoms with E-state index < -0.39 is 0 Å². The number of nitrogens with one attached hydrogen (secondary N) is 2. The average Bonchev–Trinajstić information content (AvgIpc) is 2.96. The molecule has 1 heterocycles. The van der Waals surface area contributed by atoms with Gasteiger partial charge in [0.2, 0.25) is 0 Å². The molecule has 0 saturated heterocycles. The number of benzene rings is 1. The topological polar surface area (TPSA) is 71.1 Å². The number of nitrogens with zero attached hydrogens (tertiary/aromatic N) is 1. The van der Waals surface area contributed by atoms with Crippen LogP contribution >= 0.6 is 22.9 Å². The molecule has 0 bridgehead atoms. The van der Waals surface area contributed by atoms with Gasteiger partial charge < -0.3 is 5.32 Å². The zero-order valence-electron chi connectivity index (χ0n) is 12.1. The average molecular weight is 338 g/mol. The standard InChI is InChI=1S/C15H16ClN3O2S/c1-2-3-7-17-14(21)12-9-22-15(18-12)19-13(20)10-5-4-6-11(16)8-10/h4-6,8-9H,2-3,7H2,1H3,(H,17,21)(H,18,19,20). The van der Waals surface area contributed by atoms with Gasteiger partial charge in [-0.05, 0) is 24.6 Å². The highest BCUT2D eigenvalue weighted by Crippen LogP contribution is 2.17. The molecule has 0 spiro atoms. The van der Waals surface area contributed by atoms with Gasteiger partial charge in [-0.1, -0.05) is 31.0 Å². The summed E-state index contributed by atoms with van der Waals surface area (Å²) in [5, 5.41) is 7.93. The van der Waals surface area contributed by atoms with Crippen LogP contribution in [0.1, 0.15) is 40.6 Å². The molecule has 1 aromatic carbocycles. The highest BCUT2D eigenvalue weighted by Gasteiger charge is 2.13. The van der Waals surface area contributed by atoms with Gasteiger partial charge >= 0.3 is 0 Å². The van der Waals surface area contributed by atoms with Crippen LogP contribution < -0.4 is 10.6 Å². The van der Waals surface area contributed by atoms with E-state index in [1.54, 1.807) is 29.6 Å². The van der Waals surface area contributed by atoms with E-state index in [1.165, 1.54) is 11.3 Å². The van der Waals surface area contributed by atoms with Crippen molar-refractivity contribution in [3.05, 3.63) is 45.9 Å². The summed E-state index contributed by atoms with van der Waals surface area (Å²) in [4.78, 5) is 28.0. The number of carbonyl (C=O) groups is 2. The van der Waals surface area contributed by atoms with Gasteiger partial charge in [-0.2, -0.15) is 0 Å². The van der Waals surface area contributed by atoms with Gasteiger partial charge in [0.15, 0.2) is 5.13 Å². The van der Waals surface area contributed by atoms with Crippen molar-refractivity contribution in [3.63, 3.8) is 0 Å². The molecule has 0 saturated carbocycles. The zero-order valence-corrected chi connectivity index (χ0v) is 13.6. The first-order valence-electron chi connectivity index (χ1n) is 6.90. The van der Waals surface area contributed by atoms with Crippen molar-refractivity contribution >= 4 is 39.9 Å². The minimum Gasteiger partial charge on any atom is -0.351 e. The van der Waals surface area contributed by atoms with Crippen molar-refractivity contribution in [2.45, 2.75) is 19.8 Å². The second-order valence-electron chi connectivity index (χ2n) is 4.61. The predicted molar refractivity (Wildman–Crippen MR) is 88.8 cm³/mol. The third-order valence-electron chi connectivity index (χ3n) is 2.86.